The van der Waals surface area contributed by atoms with Crippen LogP contribution in [0.4, 0.5) is 5.69 Å². The number of phenols is 1. The molecule has 4 aliphatic rings. The molecule has 0 amide bonds. The smallest absolute Gasteiger partial charge is 0.162 e. The zero-order valence-electron chi connectivity index (χ0n) is 33.3. The topological polar surface area (TPSA) is 66.5 Å². The Balaban J connectivity index is 0.786. The number of phenolic OH excluding ortho intramolecular Hbond substituents is 1. The highest BCUT2D eigenvalue weighted by Gasteiger charge is 2.45. The number of aromatic nitrogens is 3. The molecule has 4 aromatic carbocycles. The molecular formula is C50H49N5OS. The van der Waals surface area contributed by atoms with Gasteiger partial charge in [-0.1, -0.05) is 72.5 Å². The Kier molecular flexibility index (Phi) is 8.94. The first-order valence-electron chi connectivity index (χ1n) is 20.7. The van der Waals surface area contributed by atoms with Crippen molar-refractivity contribution >= 4 is 22.7 Å². The van der Waals surface area contributed by atoms with E-state index in [4.69, 9.17) is 4.99 Å². The van der Waals surface area contributed by atoms with E-state index >= 15 is 0 Å². The Morgan fingerprint density at radius 1 is 0.842 bits per heavy atom. The molecule has 0 unspecified atom stereocenters. The van der Waals surface area contributed by atoms with Gasteiger partial charge in [0, 0.05) is 52.2 Å². The predicted octanol–water partition coefficient (Wildman–Crippen LogP) is 10.8. The van der Waals surface area contributed by atoms with Crippen LogP contribution in [0, 0.1) is 43.9 Å². The van der Waals surface area contributed by atoms with Crippen molar-refractivity contribution in [2.45, 2.75) is 84.1 Å². The average Bonchev–Trinajstić information content (AvgIpc) is 3.71. The molecule has 2 aliphatic carbocycles. The average molecular weight is 768 g/mol. The summed E-state index contributed by atoms with van der Waals surface area (Å²) in [6.07, 6.45) is 6.95. The molecule has 1 saturated heterocycles. The van der Waals surface area contributed by atoms with Gasteiger partial charge in [-0.2, -0.15) is 0 Å². The number of aryl methyl sites for hydroxylation is 3. The van der Waals surface area contributed by atoms with Crippen LogP contribution in [0.5, 0.6) is 5.75 Å². The van der Waals surface area contributed by atoms with E-state index in [2.05, 4.69) is 137 Å². The Hall–Kier alpha value is -5.45. The van der Waals surface area contributed by atoms with Gasteiger partial charge in [-0.05, 0) is 142 Å². The second kappa shape index (κ2) is 14.2. The molecule has 4 heterocycles. The predicted molar refractivity (Wildman–Crippen MR) is 231 cm³/mol. The first-order valence-corrected chi connectivity index (χ1v) is 21.5. The van der Waals surface area contributed by atoms with Crippen LogP contribution in [-0.4, -0.2) is 38.7 Å². The first-order chi connectivity index (χ1) is 27.7. The second-order valence-corrected chi connectivity index (χ2v) is 18.2. The number of hydrogen-bond acceptors (Lipinski definition) is 6. The molecular weight excluding hydrogens is 719 g/mol. The number of piperidine rings is 1. The van der Waals surface area contributed by atoms with Crippen LogP contribution >= 0.6 is 11.3 Å². The molecule has 10 rings (SSSR count). The molecule has 57 heavy (non-hydrogen) atoms. The van der Waals surface area contributed by atoms with Crippen LogP contribution < -0.4 is 4.90 Å². The largest absolute Gasteiger partial charge is 0.508 e. The number of benzene rings is 4. The van der Waals surface area contributed by atoms with E-state index < -0.39 is 0 Å². The van der Waals surface area contributed by atoms with Crippen molar-refractivity contribution in [1.82, 2.24) is 14.8 Å². The minimum atomic E-state index is -0.0887. The Labute approximate surface area is 340 Å². The van der Waals surface area contributed by atoms with Crippen molar-refractivity contribution in [3.8, 4) is 22.6 Å². The molecule has 0 bridgehead atoms. The van der Waals surface area contributed by atoms with Crippen molar-refractivity contribution in [3.05, 3.63) is 158 Å². The van der Waals surface area contributed by atoms with Gasteiger partial charge in [0.2, 0.25) is 0 Å². The van der Waals surface area contributed by atoms with E-state index in [-0.39, 0.29) is 12.0 Å². The van der Waals surface area contributed by atoms with Crippen LogP contribution in [-0.2, 0) is 6.42 Å². The van der Waals surface area contributed by atoms with Gasteiger partial charge in [0.25, 0.3) is 0 Å². The fourth-order valence-corrected chi connectivity index (χ4v) is 11.5. The fraction of sp³-hybridized carbons (Fsp3) is 0.340. The van der Waals surface area contributed by atoms with E-state index in [9.17, 15) is 5.11 Å². The van der Waals surface area contributed by atoms with Gasteiger partial charge in [-0.25, -0.2) is 0 Å². The summed E-state index contributed by atoms with van der Waals surface area (Å²) in [5, 5.41) is 20.3. The summed E-state index contributed by atoms with van der Waals surface area (Å²) in [6, 6.07) is 35.0. The maximum absolute atomic E-state index is 10.2. The lowest BCUT2D eigenvalue weighted by Crippen LogP contribution is -2.46. The number of aliphatic imine (C=N–C) groups is 1. The highest BCUT2D eigenvalue weighted by molar-refractivity contribution is 7.15. The summed E-state index contributed by atoms with van der Waals surface area (Å²) in [4.78, 5) is 9.10. The van der Waals surface area contributed by atoms with Crippen LogP contribution in [0.3, 0.4) is 0 Å². The van der Waals surface area contributed by atoms with Gasteiger partial charge in [-0.15, -0.1) is 21.5 Å². The molecule has 7 heteroatoms. The van der Waals surface area contributed by atoms with Crippen molar-refractivity contribution in [3.63, 3.8) is 0 Å². The molecule has 3 atom stereocenters. The maximum atomic E-state index is 10.2. The zero-order valence-corrected chi connectivity index (χ0v) is 34.1. The van der Waals surface area contributed by atoms with E-state index in [0.29, 0.717) is 23.0 Å². The lowest BCUT2D eigenvalue weighted by atomic mass is 9.58. The molecule has 286 valence electrons. The lowest BCUT2D eigenvalue weighted by molar-refractivity contribution is 0.0576. The lowest BCUT2D eigenvalue weighted by Gasteiger charge is -2.51. The number of anilines is 1. The number of nitrogens with zero attached hydrogens (tertiary/aromatic N) is 5. The van der Waals surface area contributed by atoms with E-state index in [1.807, 2.05) is 19.1 Å². The van der Waals surface area contributed by atoms with E-state index in [0.717, 1.165) is 54.4 Å². The Bertz CT molecular complexity index is 2560. The van der Waals surface area contributed by atoms with E-state index in [1.165, 1.54) is 74.6 Å². The Morgan fingerprint density at radius 2 is 1.60 bits per heavy atom. The number of aromatic hydroxyl groups is 1. The summed E-state index contributed by atoms with van der Waals surface area (Å²) in [6.45, 7) is 10.7. The first kappa shape index (κ1) is 35.9. The SMILES string of the molecule is Cc1sc2c(c1C)C(c1ccc(C#CC3CC4(CCN(c5ccc([C@@H]6c7ccc(O)cc7CC[C@@H]6c6ccccc6)cc5)CC4)C3)cc1)=N[C@@H](C)c1nnc(C)n1-2. The highest BCUT2D eigenvalue weighted by Crippen LogP contribution is 2.53. The van der Waals surface area contributed by atoms with Crippen LogP contribution in [0.2, 0.25) is 0 Å². The van der Waals surface area contributed by atoms with Crippen molar-refractivity contribution in [1.29, 1.82) is 0 Å². The minimum absolute atomic E-state index is 0.0887. The number of rotatable bonds is 4. The molecule has 2 aliphatic heterocycles. The molecule has 1 spiro atoms. The summed E-state index contributed by atoms with van der Waals surface area (Å²) in [7, 11) is 0. The molecule has 0 radical (unpaired) electrons. The molecule has 1 saturated carbocycles. The number of hydrogen-bond donors (Lipinski definition) is 1. The van der Waals surface area contributed by atoms with Crippen molar-refractivity contribution in [2.24, 2.45) is 16.3 Å². The number of thiophene rings is 1. The minimum Gasteiger partial charge on any atom is -0.508 e. The highest BCUT2D eigenvalue weighted by atomic mass is 32.1. The maximum Gasteiger partial charge on any atom is 0.162 e. The molecule has 6 nitrogen and oxygen atoms in total. The van der Waals surface area contributed by atoms with Crippen LogP contribution in [0.15, 0.2) is 102 Å². The third-order valence-corrected chi connectivity index (χ3v) is 14.7. The summed E-state index contributed by atoms with van der Waals surface area (Å²) in [5.74, 6) is 10.5. The molecule has 1 N–H and O–H groups in total. The van der Waals surface area contributed by atoms with Crippen LogP contribution in [0.25, 0.3) is 5.00 Å². The molecule has 6 aromatic rings. The van der Waals surface area contributed by atoms with Gasteiger partial charge in [0.05, 0.1) is 5.71 Å². The quantitative estimate of drug-likeness (QED) is 0.181. The molecule has 2 fully saturated rings. The summed E-state index contributed by atoms with van der Waals surface area (Å²) in [5.41, 5.74) is 12.8. The van der Waals surface area contributed by atoms with Crippen LogP contribution in [0.1, 0.15) is 118 Å². The second-order valence-electron chi connectivity index (χ2n) is 17.0. The van der Waals surface area contributed by atoms with E-state index in [1.54, 1.807) is 11.3 Å². The zero-order chi connectivity index (χ0) is 38.8. The monoisotopic (exact) mass is 767 g/mol. The van der Waals surface area contributed by atoms with Crippen molar-refractivity contribution < 1.29 is 5.11 Å². The van der Waals surface area contributed by atoms with Gasteiger partial charge in [0.1, 0.15) is 22.6 Å². The third-order valence-electron chi connectivity index (χ3n) is 13.5. The van der Waals surface area contributed by atoms with Gasteiger partial charge < -0.3 is 10.0 Å². The van der Waals surface area contributed by atoms with Gasteiger partial charge in [-0.3, -0.25) is 9.56 Å². The standard InChI is InChI=1S/C50H49N5OS/c1-31-33(3)57-49-45(31)47(51-32(2)48-53-52-34(4)55(48)49)39-14-12-35(13-15-39)10-11-36-29-50(30-36)24-26-54(27-25-50)41-19-16-38(17-20-41)46-43(37-8-6-5-7-9-37)22-18-40-28-42(56)21-23-44(40)46/h5-9,12-17,19-21,23,28,32,36,43,46,56H,18,22,24-27,29-30H2,1-4H3/t32-,43+,46-/m0/s1. The summed E-state index contributed by atoms with van der Waals surface area (Å²) < 4.78 is 2.19. The Morgan fingerprint density at radius 3 is 2.35 bits per heavy atom. The van der Waals surface area contributed by atoms with Crippen molar-refractivity contribution in [2.75, 3.05) is 18.0 Å². The fourth-order valence-electron chi connectivity index (χ4n) is 10.3. The number of fused-ring (bicyclic) bond motifs is 4. The normalized spacial score (nSPS) is 21.0. The van der Waals surface area contributed by atoms with Gasteiger partial charge in [0.15, 0.2) is 5.82 Å². The van der Waals surface area contributed by atoms with Gasteiger partial charge >= 0.3 is 0 Å². The summed E-state index contributed by atoms with van der Waals surface area (Å²) >= 11 is 1.80. The molecule has 2 aromatic heterocycles. The third kappa shape index (κ3) is 6.39.